The Morgan fingerprint density at radius 3 is 2.67 bits per heavy atom. The average molecular weight is 410 g/mol. The molecular weight excluding hydrogens is 388 g/mol. The van der Waals surface area contributed by atoms with Crippen LogP contribution in [-0.4, -0.2) is 31.3 Å². The molecule has 0 bridgehead atoms. The number of halogens is 1. The zero-order chi connectivity index (χ0) is 16.8. The minimum Gasteiger partial charge on any atom is -0.463 e. The topological polar surface area (TPSA) is 46.7 Å². The van der Waals surface area contributed by atoms with E-state index in [9.17, 15) is 4.79 Å². The summed E-state index contributed by atoms with van der Waals surface area (Å²) in [5, 5.41) is 3.08. The molecule has 2 N–H and O–H groups in total. The quantitative estimate of drug-likeness (QED) is 0.690. The van der Waals surface area contributed by atoms with Gasteiger partial charge in [-0.15, -0.1) is 11.8 Å². The molecule has 0 saturated carbocycles. The van der Waals surface area contributed by atoms with E-state index in [0.29, 0.717) is 12.3 Å². The van der Waals surface area contributed by atoms with Crippen LogP contribution in [0.1, 0.15) is 24.6 Å². The number of rotatable bonds is 7. The Morgan fingerprint density at radius 1 is 1.25 bits per heavy atom. The summed E-state index contributed by atoms with van der Waals surface area (Å²) in [5.74, 6) is 1.47. The van der Waals surface area contributed by atoms with Gasteiger partial charge < -0.3 is 14.6 Å². The summed E-state index contributed by atoms with van der Waals surface area (Å²) in [6, 6.07) is 12.2. The smallest absolute Gasteiger partial charge is 0.230 e. The van der Waals surface area contributed by atoms with Crippen LogP contribution in [0.25, 0.3) is 0 Å². The minimum atomic E-state index is 0.0677. The van der Waals surface area contributed by atoms with Crippen molar-refractivity contribution in [2.45, 2.75) is 23.8 Å². The van der Waals surface area contributed by atoms with Crippen molar-refractivity contribution in [2.24, 2.45) is 0 Å². The van der Waals surface area contributed by atoms with Crippen molar-refractivity contribution in [3.8, 4) is 0 Å². The third-order valence-electron chi connectivity index (χ3n) is 4.31. The molecular formula is C18H22BrN2O2S+. The van der Waals surface area contributed by atoms with E-state index >= 15 is 0 Å². The molecule has 0 radical (unpaired) electrons. The van der Waals surface area contributed by atoms with E-state index < -0.39 is 0 Å². The predicted molar refractivity (Wildman–Crippen MR) is 99.3 cm³/mol. The fourth-order valence-electron chi connectivity index (χ4n) is 3.06. The monoisotopic (exact) mass is 409 g/mol. The van der Waals surface area contributed by atoms with Crippen LogP contribution < -0.4 is 10.2 Å². The Kier molecular flexibility index (Phi) is 6.40. The van der Waals surface area contributed by atoms with Crippen molar-refractivity contribution in [1.29, 1.82) is 0 Å². The van der Waals surface area contributed by atoms with Gasteiger partial charge in [0.15, 0.2) is 11.8 Å². The van der Waals surface area contributed by atoms with Gasteiger partial charge in [0.25, 0.3) is 0 Å². The molecule has 128 valence electrons. The summed E-state index contributed by atoms with van der Waals surface area (Å²) < 4.78 is 6.65. The molecule has 6 heteroatoms. The summed E-state index contributed by atoms with van der Waals surface area (Å²) in [6.45, 7) is 2.92. The largest absolute Gasteiger partial charge is 0.463 e. The third-order valence-corrected chi connectivity index (χ3v) is 5.85. The van der Waals surface area contributed by atoms with Gasteiger partial charge in [-0.2, -0.15) is 0 Å². The second-order valence-corrected chi connectivity index (χ2v) is 7.94. The van der Waals surface area contributed by atoms with Crippen molar-refractivity contribution in [2.75, 3.05) is 25.4 Å². The van der Waals surface area contributed by atoms with E-state index in [1.54, 1.807) is 18.0 Å². The molecule has 1 aromatic carbocycles. The number of benzene rings is 1. The molecule has 1 amide bonds. The molecule has 0 unspecified atom stereocenters. The van der Waals surface area contributed by atoms with Crippen LogP contribution in [0.2, 0.25) is 0 Å². The zero-order valence-electron chi connectivity index (χ0n) is 13.5. The molecule has 1 fully saturated rings. The van der Waals surface area contributed by atoms with Crippen LogP contribution in [0.3, 0.4) is 0 Å². The fraction of sp³-hybridized carbons (Fsp3) is 0.389. The van der Waals surface area contributed by atoms with Gasteiger partial charge in [-0.1, -0.05) is 15.9 Å². The van der Waals surface area contributed by atoms with E-state index in [1.807, 2.05) is 36.4 Å². The Bertz CT molecular complexity index is 640. The van der Waals surface area contributed by atoms with E-state index in [2.05, 4.69) is 21.2 Å². The van der Waals surface area contributed by atoms with Gasteiger partial charge in [0.05, 0.1) is 31.7 Å². The van der Waals surface area contributed by atoms with Crippen molar-refractivity contribution in [1.82, 2.24) is 5.32 Å². The van der Waals surface area contributed by atoms with E-state index in [-0.39, 0.29) is 11.9 Å². The average Bonchev–Trinajstić information content (AvgIpc) is 3.29. The number of amides is 1. The summed E-state index contributed by atoms with van der Waals surface area (Å²) in [7, 11) is 0. The van der Waals surface area contributed by atoms with Gasteiger partial charge in [-0.05, 0) is 36.4 Å². The molecule has 1 aliphatic rings. The molecule has 3 rings (SSSR count). The zero-order valence-corrected chi connectivity index (χ0v) is 15.9. The van der Waals surface area contributed by atoms with Crippen LogP contribution >= 0.6 is 27.7 Å². The van der Waals surface area contributed by atoms with E-state index in [0.717, 1.165) is 28.2 Å². The maximum Gasteiger partial charge on any atom is 0.230 e. The Balaban J connectivity index is 1.50. The van der Waals surface area contributed by atoms with Crippen molar-refractivity contribution >= 4 is 33.6 Å². The Labute approximate surface area is 155 Å². The molecule has 1 atom stereocenters. The molecule has 4 nitrogen and oxygen atoms in total. The summed E-state index contributed by atoms with van der Waals surface area (Å²) >= 11 is 4.97. The van der Waals surface area contributed by atoms with Gasteiger partial charge in [0, 0.05) is 22.2 Å². The molecule has 2 aromatic rings. The number of quaternary nitrogens is 1. The lowest BCUT2D eigenvalue weighted by atomic mass is 10.2. The molecule has 1 aromatic heterocycles. The van der Waals surface area contributed by atoms with Gasteiger partial charge in [-0.3, -0.25) is 4.79 Å². The van der Waals surface area contributed by atoms with Crippen molar-refractivity contribution in [3.05, 3.63) is 52.9 Å². The van der Waals surface area contributed by atoms with Crippen LogP contribution in [0, 0.1) is 0 Å². The lowest BCUT2D eigenvalue weighted by molar-refractivity contribution is -0.919. The van der Waals surface area contributed by atoms with E-state index in [4.69, 9.17) is 4.42 Å². The fourth-order valence-corrected chi connectivity index (χ4v) is 4.05. The number of carbonyl (C=O) groups excluding carboxylic acids is 1. The second kappa shape index (κ2) is 8.74. The predicted octanol–water partition coefficient (Wildman–Crippen LogP) is 2.67. The van der Waals surface area contributed by atoms with Crippen LogP contribution in [0.15, 0.2) is 56.4 Å². The first-order chi connectivity index (χ1) is 11.7. The molecule has 24 heavy (non-hydrogen) atoms. The van der Waals surface area contributed by atoms with Crippen LogP contribution in [0.5, 0.6) is 0 Å². The van der Waals surface area contributed by atoms with Crippen molar-refractivity contribution in [3.63, 3.8) is 0 Å². The number of hydrogen-bond donors (Lipinski definition) is 2. The lowest BCUT2D eigenvalue weighted by Gasteiger charge is -2.23. The number of nitrogens with one attached hydrogen (secondary N) is 2. The molecule has 1 aliphatic heterocycles. The SMILES string of the molecule is O=C(CSc1ccc(Br)cc1)NC[C@H](c1ccco1)[NH+]1CCCC1. The maximum atomic E-state index is 12.2. The molecule has 1 saturated heterocycles. The first-order valence-corrected chi connectivity index (χ1v) is 10.0. The molecule has 0 spiro atoms. The summed E-state index contributed by atoms with van der Waals surface area (Å²) in [5.41, 5.74) is 0. The highest BCUT2D eigenvalue weighted by atomic mass is 79.9. The summed E-state index contributed by atoms with van der Waals surface area (Å²) in [6.07, 6.45) is 4.21. The molecule has 2 heterocycles. The first kappa shape index (κ1) is 17.6. The van der Waals surface area contributed by atoms with Gasteiger partial charge >= 0.3 is 0 Å². The number of thioether (sulfide) groups is 1. The van der Waals surface area contributed by atoms with Crippen LogP contribution in [0.4, 0.5) is 0 Å². The number of furan rings is 1. The van der Waals surface area contributed by atoms with Gasteiger partial charge in [0.1, 0.15) is 0 Å². The third kappa shape index (κ3) is 4.88. The Hall–Kier alpha value is -1.24. The Morgan fingerprint density at radius 2 is 2.00 bits per heavy atom. The standard InChI is InChI=1S/C18H21BrN2O2S/c19-14-5-7-15(8-6-14)24-13-18(22)20-12-16(17-4-3-11-23-17)21-9-1-2-10-21/h3-8,11,16H,1-2,9-10,12-13H2,(H,20,22)/p+1/t16-/m1/s1. The highest BCUT2D eigenvalue weighted by Crippen LogP contribution is 2.20. The van der Waals surface area contributed by atoms with E-state index in [1.165, 1.54) is 17.7 Å². The van der Waals surface area contributed by atoms with Crippen LogP contribution in [-0.2, 0) is 4.79 Å². The maximum absolute atomic E-state index is 12.2. The summed E-state index contributed by atoms with van der Waals surface area (Å²) in [4.78, 5) is 14.8. The minimum absolute atomic E-state index is 0.0677. The van der Waals surface area contributed by atoms with Gasteiger partial charge in [0.2, 0.25) is 5.91 Å². The normalized spacial score (nSPS) is 16.2. The lowest BCUT2D eigenvalue weighted by Crippen LogP contribution is -3.11. The number of carbonyl (C=O) groups is 1. The number of likely N-dealkylation sites (tertiary alicyclic amines) is 1. The highest BCUT2D eigenvalue weighted by Gasteiger charge is 2.29. The first-order valence-electron chi connectivity index (χ1n) is 8.25. The number of hydrogen-bond acceptors (Lipinski definition) is 3. The highest BCUT2D eigenvalue weighted by molar-refractivity contribution is 9.10. The van der Waals surface area contributed by atoms with Crippen molar-refractivity contribution < 1.29 is 14.1 Å². The second-order valence-electron chi connectivity index (χ2n) is 5.98. The molecule has 0 aliphatic carbocycles. The van der Waals surface area contributed by atoms with Gasteiger partial charge in [-0.25, -0.2) is 0 Å².